The highest BCUT2D eigenvalue weighted by Crippen LogP contribution is 2.25. The Morgan fingerprint density at radius 3 is 2.52 bits per heavy atom. The van der Waals surface area contributed by atoms with E-state index in [2.05, 4.69) is 10.3 Å². The van der Waals surface area contributed by atoms with Crippen molar-refractivity contribution in [1.29, 1.82) is 0 Å². The van der Waals surface area contributed by atoms with Gasteiger partial charge in [-0.25, -0.2) is 4.98 Å². The molecule has 0 aliphatic rings. The molecule has 0 atom stereocenters. The second kappa shape index (κ2) is 7.51. The second-order valence-electron chi connectivity index (χ2n) is 5.83. The molecule has 0 spiro atoms. The average molecular weight is 379 g/mol. The summed E-state index contributed by atoms with van der Waals surface area (Å²) >= 11 is 6.00. The van der Waals surface area contributed by atoms with E-state index in [0.29, 0.717) is 22.4 Å². The van der Waals surface area contributed by atoms with Crippen molar-refractivity contribution in [1.82, 2.24) is 4.98 Å². The minimum atomic E-state index is -0.274. The van der Waals surface area contributed by atoms with E-state index in [1.165, 1.54) is 0 Å². The minimum Gasteiger partial charge on any atom is -0.482 e. The zero-order valence-corrected chi connectivity index (χ0v) is 14.9. The normalized spacial score (nSPS) is 10.7. The number of oxazole rings is 1. The maximum absolute atomic E-state index is 12.1. The number of rotatable bonds is 5. The fourth-order valence-electron chi connectivity index (χ4n) is 2.59. The summed E-state index contributed by atoms with van der Waals surface area (Å²) in [5.41, 5.74) is 3.03. The van der Waals surface area contributed by atoms with Gasteiger partial charge < -0.3 is 14.5 Å². The van der Waals surface area contributed by atoms with Crippen LogP contribution in [-0.2, 0) is 4.79 Å². The average Bonchev–Trinajstić information content (AvgIpc) is 3.12. The van der Waals surface area contributed by atoms with Crippen LogP contribution < -0.4 is 10.1 Å². The summed E-state index contributed by atoms with van der Waals surface area (Å²) in [5, 5.41) is 3.24. The van der Waals surface area contributed by atoms with Crippen molar-refractivity contribution in [2.24, 2.45) is 0 Å². The summed E-state index contributed by atoms with van der Waals surface area (Å²) in [7, 11) is 0. The Hall–Kier alpha value is -3.31. The molecular formula is C21H15ClN2O3. The van der Waals surface area contributed by atoms with Crippen LogP contribution in [0.3, 0.4) is 0 Å². The van der Waals surface area contributed by atoms with Gasteiger partial charge in [0.05, 0.1) is 5.02 Å². The van der Waals surface area contributed by atoms with Crippen molar-refractivity contribution >= 4 is 34.3 Å². The third-order valence-electron chi connectivity index (χ3n) is 3.90. The van der Waals surface area contributed by atoms with E-state index in [0.717, 1.165) is 16.7 Å². The Kier molecular flexibility index (Phi) is 4.77. The number of benzene rings is 3. The van der Waals surface area contributed by atoms with Crippen LogP contribution in [0.4, 0.5) is 5.69 Å². The molecular weight excluding hydrogens is 364 g/mol. The van der Waals surface area contributed by atoms with Gasteiger partial charge >= 0.3 is 0 Å². The Labute approximate surface area is 160 Å². The molecule has 4 aromatic rings. The molecule has 1 aromatic heterocycles. The Bertz CT molecular complexity index is 1060. The topological polar surface area (TPSA) is 64.4 Å². The van der Waals surface area contributed by atoms with Gasteiger partial charge in [0, 0.05) is 11.3 Å². The summed E-state index contributed by atoms with van der Waals surface area (Å²) in [6.45, 7) is -0.128. The SMILES string of the molecule is O=C(COc1ccccc1Cl)Nc1ccc(-c2nc3ccccc3o2)cc1. The Balaban J connectivity index is 1.40. The van der Waals surface area contributed by atoms with E-state index in [-0.39, 0.29) is 12.5 Å². The quantitative estimate of drug-likeness (QED) is 0.520. The van der Waals surface area contributed by atoms with Gasteiger partial charge in [-0.2, -0.15) is 0 Å². The van der Waals surface area contributed by atoms with Gasteiger partial charge in [-0.1, -0.05) is 35.9 Å². The molecule has 0 bridgehead atoms. The number of fused-ring (bicyclic) bond motifs is 1. The molecule has 3 aromatic carbocycles. The van der Waals surface area contributed by atoms with Gasteiger partial charge in [-0.05, 0) is 48.5 Å². The lowest BCUT2D eigenvalue weighted by Gasteiger charge is -2.08. The zero-order valence-electron chi connectivity index (χ0n) is 14.2. The molecule has 5 nitrogen and oxygen atoms in total. The molecule has 0 aliphatic heterocycles. The van der Waals surface area contributed by atoms with E-state index in [1.807, 2.05) is 36.4 Å². The number of anilines is 1. The predicted octanol–water partition coefficient (Wildman–Crippen LogP) is 5.17. The van der Waals surface area contributed by atoms with Crippen LogP contribution in [0.25, 0.3) is 22.6 Å². The van der Waals surface area contributed by atoms with Crippen molar-refractivity contribution in [2.75, 3.05) is 11.9 Å². The first-order chi connectivity index (χ1) is 13.2. The Morgan fingerprint density at radius 1 is 1.00 bits per heavy atom. The van der Waals surface area contributed by atoms with Crippen LogP contribution in [0.2, 0.25) is 5.02 Å². The van der Waals surface area contributed by atoms with E-state index >= 15 is 0 Å². The van der Waals surface area contributed by atoms with Gasteiger partial charge in [-0.15, -0.1) is 0 Å². The zero-order chi connectivity index (χ0) is 18.6. The summed E-state index contributed by atoms with van der Waals surface area (Å²) in [5.74, 6) is 0.737. The number of ether oxygens (including phenoxy) is 1. The number of aromatic nitrogens is 1. The fourth-order valence-corrected chi connectivity index (χ4v) is 2.78. The first kappa shape index (κ1) is 17.1. The van der Waals surface area contributed by atoms with E-state index in [1.54, 1.807) is 36.4 Å². The third-order valence-corrected chi connectivity index (χ3v) is 4.22. The van der Waals surface area contributed by atoms with Crippen molar-refractivity contribution in [3.63, 3.8) is 0 Å². The molecule has 0 aliphatic carbocycles. The maximum Gasteiger partial charge on any atom is 0.262 e. The summed E-state index contributed by atoms with van der Waals surface area (Å²) < 4.78 is 11.2. The molecule has 0 fully saturated rings. The predicted molar refractivity (Wildman–Crippen MR) is 105 cm³/mol. The highest BCUT2D eigenvalue weighted by atomic mass is 35.5. The summed E-state index contributed by atoms with van der Waals surface area (Å²) in [4.78, 5) is 16.5. The smallest absolute Gasteiger partial charge is 0.262 e. The number of carbonyl (C=O) groups excluding carboxylic acids is 1. The molecule has 0 radical (unpaired) electrons. The van der Waals surface area contributed by atoms with Crippen molar-refractivity contribution in [3.05, 3.63) is 77.8 Å². The molecule has 0 saturated heterocycles. The maximum atomic E-state index is 12.1. The lowest BCUT2D eigenvalue weighted by atomic mass is 10.2. The van der Waals surface area contributed by atoms with Crippen LogP contribution in [0.5, 0.6) is 5.75 Å². The molecule has 0 saturated carbocycles. The van der Waals surface area contributed by atoms with E-state index in [4.69, 9.17) is 20.8 Å². The standard InChI is InChI=1S/C21H15ClN2O3/c22-16-5-1-3-7-18(16)26-13-20(25)23-15-11-9-14(10-12-15)21-24-17-6-2-4-8-19(17)27-21/h1-12H,13H2,(H,23,25). The van der Waals surface area contributed by atoms with Crippen LogP contribution in [0.15, 0.2) is 77.2 Å². The van der Waals surface area contributed by atoms with Crippen LogP contribution in [0.1, 0.15) is 0 Å². The molecule has 27 heavy (non-hydrogen) atoms. The number of amides is 1. The van der Waals surface area contributed by atoms with Crippen LogP contribution in [0, 0.1) is 0 Å². The number of hydrogen-bond acceptors (Lipinski definition) is 4. The van der Waals surface area contributed by atoms with Gasteiger partial charge in [0.1, 0.15) is 11.3 Å². The number of para-hydroxylation sites is 3. The largest absolute Gasteiger partial charge is 0.482 e. The first-order valence-electron chi connectivity index (χ1n) is 8.32. The van der Waals surface area contributed by atoms with Crippen LogP contribution >= 0.6 is 11.6 Å². The Morgan fingerprint density at radius 2 is 1.74 bits per heavy atom. The summed E-state index contributed by atoms with van der Waals surface area (Å²) in [6, 6.07) is 21.9. The first-order valence-corrected chi connectivity index (χ1v) is 8.70. The number of hydrogen-bond donors (Lipinski definition) is 1. The van der Waals surface area contributed by atoms with E-state index in [9.17, 15) is 4.79 Å². The number of nitrogens with zero attached hydrogens (tertiary/aromatic N) is 1. The van der Waals surface area contributed by atoms with Crippen molar-refractivity contribution in [2.45, 2.75) is 0 Å². The molecule has 0 unspecified atom stereocenters. The molecule has 4 rings (SSSR count). The van der Waals surface area contributed by atoms with Crippen LogP contribution in [-0.4, -0.2) is 17.5 Å². The number of halogens is 1. The summed E-state index contributed by atoms with van der Waals surface area (Å²) in [6.07, 6.45) is 0. The molecule has 6 heteroatoms. The second-order valence-corrected chi connectivity index (χ2v) is 6.24. The van der Waals surface area contributed by atoms with Crippen molar-refractivity contribution < 1.29 is 13.9 Å². The third kappa shape index (κ3) is 3.93. The lowest BCUT2D eigenvalue weighted by molar-refractivity contribution is -0.118. The van der Waals surface area contributed by atoms with E-state index < -0.39 is 0 Å². The number of nitrogens with one attached hydrogen (secondary N) is 1. The van der Waals surface area contributed by atoms with Gasteiger partial charge in [0.2, 0.25) is 5.89 Å². The van der Waals surface area contributed by atoms with Gasteiger partial charge in [-0.3, -0.25) is 4.79 Å². The molecule has 1 amide bonds. The van der Waals surface area contributed by atoms with Gasteiger partial charge in [0.15, 0.2) is 12.2 Å². The fraction of sp³-hybridized carbons (Fsp3) is 0.0476. The lowest BCUT2D eigenvalue weighted by Crippen LogP contribution is -2.20. The highest BCUT2D eigenvalue weighted by Gasteiger charge is 2.09. The van der Waals surface area contributed by atoms with Gasteiger partial charge in [0.25, 0.3) is 5.91 Å². The molecule has 134 valence electrons. The molecule has 1 N–H and O–H groups in total. The van der Waals surface area contributed by atoms with Crippen molar-refractivity contribution in [3.8, 4) is 17.2 Å². The minimum absolute atomic E-state index is 0.128. The highest BCUT2D eigenvalue weighted by molar-refractivity contribution is 6.32. The number of carbonyl (C=O) groups is 1. The monoisotopic (exact) mass is 378 g/mol. The molecule has 1 heterocycles.